The summed E-state index contributed by atoms with van der Waals surface area (Å²) in [6.07, 6.45) is 0. The van der Waals surface area contributed by atoms with E-state index in [2.05, 4.69) is 38.9 Å². The van der Waals surface area contributed by atoms with E-state index in [1.807, 2.05) is 32.3 Å². The molecule has 1 aliphatic heterocycles. The predicted octanol–water partition coefficient (Wildman–Crippen LogP) is 1.98. The zero-order valence-electron chi connectivity index (χ0n) is 19.1. The van der Waals surface area contributed by atoms with Gasteiger partial charge in [0.25, 0.3) is 0 Å². The number of aliphatic imine (C=N–C) groups is 1. The molecule has 1 atom stereocenters. The average molecular weight is 406 g/mol. The Hall–Kier alpha value is -1.99. The number of methoxy groups -OCH3 is 2. The molecule has 29 heavy (non-hydrogen) atoms. The molecule has 0 radical (unpaired) electrons. The van der Waals surface area contributed by atoms with Crippen molar-refractivity contribution in [3.63, 3.8) is 0 Å². The minimum Gasteiger partial charge on any atom is -0.497 e. The molecule has 1 N–H and O–H groups in total. The third-order valence-corrected chi connectivity index (χ3v) is 5.57. The maximum Gasteiger partial charge on any atom is 0.193 e. The molecule has 0 aliphatic carbocycles. The van der Waals surface area contributed by atoms with Crippen LogP contribution in [0, 0.1) is 5.92 Å². The highest BCUT2D eigenvalue weighted by Gasteiger charge is 2.18. The molecule has 0 bridgehead atoms. The minimum absolute atomic E-state index is 0.559. The number of piperazine rings is 1. The Kier molecular flexibility index (Phi) is 9.54. The lowest BCUT2D eigenvalue weighted by atomic mass is 10.1. The molecule has 1 aromatic rings. The lowest BCUT2D eigenvalue weighted by molar-refractivity contribution is 0.124. The summed E-state index contributed by atoms with van der Waals surface area (Å²) in [4.78, 5) is 11.7. The highest BCUT2D eigenvalue weighted by atomic mass is 16.5. The van der Waals surface area contributed by atoms with Crippen LogP contribution in [0.4, 0.5) is 0 Å². The smallest absolute Gasteiger partial charge is 0.193 e. The van der Waals surface area contributed by atoms with E-state index in [0.29, 0.717) is 12.5 Å². The van der Waals surface area contributed by atoms with Gasteiger partial charge in [0, 0.05) is 71.5 Å². The molecule has 1 heterocycles. The van der Waals surface area contributed by atoms with Gasteiger partial charge in [-0.25, -0.2) is 0 Å². The fourth-order valence-electron chi connectivity index (χ4n) is 3.76. The van der Waals surface area contributed by atoms with E-state index in [-0.39, 0.29) is 0 Å². The second kappa shape index (κ2) is 11.9. The number of likely N-dealkylation sites (N-methyl/N-ethyl adjacent to an activating group) is 1. The number of ether oxygens (including phenoxy) is 2. The first-order valence-corrected chi connectivity index (χ1v) is 10.6. The molecule has 1 aliphatic rings. The van der Waals surface area contributed by atoms with Crippen molar-refractivity contribution in [2.45, 2.75) is 20.4 Å². The molecule has 0 spiro atoms. The van der Waals surface area contributed by atoms with E-state index in [9.17, 15) is 0 Å². The van der Waals surface area contributed by atoms with Crippen LogP contribution in [0.3, 0.4) is 0 Å². The summed E-state index contributed by atoms with van der Waals surface area (Å²) in [6.45, 7) is 13.2. The molecule has 2 rings (SSSR count). The van der Waals surface area contributed by atoms with E-state index >= 15 is 0 Å². The number of rotatable bonds is 9. The third kappa shape index (κ3) is 7.08. The minimum atomic E-state index is 0.559. The Balaban J connectivity index is 1.83. The number of nitrogens with zero attached hydrogens (tertiary/aromatic N) is 4. The third-order valence-electron chi connectivity index (χ3n) is 5.57. The number of hydrogen-bond acceptors (Lipinski definition) is 5. The van der Waals surface area contributed by atoms with Crippen molar-refractivity contribution in [3.05, 3.63) is 23.8 Å². The molecule has 0 amide bonds. The fraction of sp³-hybridized carbons (Fsp3) is 0.682. The molecular weight excluding hydrogens is 366 g/mol. The second-order valence-electron chi connectivity index (χ2n) is 7.80. The number of benzene rings is 1. The van der Waals surface area contributed by atoms with E-state index in [4.69, 9.17) is 9.47 Å². The molecular formula is C22H39N5O2. The Morgan fingerprint density at radius 2 is 1.86 bits per heavy atom. The Morgan fingerprint density at radius 1 is 1.17 bits per heavy atom. The average Bonchev–Trinajstić information content (AvgIpc) is 2.75. The number of guanidine groups is 1. The molecule has 164 valence electrons. The summed E-state index contributed by atoms with van der Waals surface area (Å²) in [5.41, 5.74) is 1.10. The van der Waals surface area contributed by atoms with E-state index in [1.165, 1.54) is 26.2 Å². The van der Waals surface area contributed by atoms with Crippen LogP contribution in [0.5, 0.6) is 11.5 Å². The van der Waals surface area contributed by atoms with Crippen molar-refractivity contribution >= 4 is 5.96 Å². The van der Waals surface area contributed by atoms with E-state index in [1.54, 1.807) is 14.2 Å². The van der Waals surface area contributed by atoms with Crippen molar-refractivity contribution in [2.24, 2.45) is 10.9 Å². The summed E-state index contributed by atoms with van der Waals surface area (Å²) >= 11 is 0. The highest BCUT2D eigenvalue weighted by molar-refractivity contribution is 5.79. The maximum atomic E-state index is 5.52. The van der Waals surface area contributed by atoms with Gasteiger partial charge in [0.05, 0.1) is 14.2 Å². The van der Waals surface area contributed by atoms with Gasteiger partial charge in [-0.3, -0.25) is 4.99 Å². The molecule has 1 aromatic carbocycles. The summed E-state index contributed by atoms with van der Waals surface area (Å²) in [7, 11) is 7.23. The van der Waals surface area contributed by atoms with Crippen LogP contribution >= 0.6 is 0 Å². The molecule has 0 aromatic heterocycles. The highest BCUT2D eigenvalue weighted by Crippen LogP contribution is 2.25. The standard InChI is InChI=1S/C22H39N5O2/c1-7-26-10-12-27(13-11-26)16-18(2)15-24-22(23-3)25(4)17-19-8-9-20(28-5)14-21(19)29-6/h8-9,14,18H,7,10-13,15-17H2,1-6H3,(H,23,24). The van der Waals surface area contributed by atoms with Crippen LogP contribution in [-0.4, -0.2) is 94.8 Å². The SMILES string of the molecule is CCN1CCN(CC(C)CNC(=NC)N(C)Cc2ccc(OC)cc2OC)CC1. The summed E-state index contributed by atoms with van der Waals surface area (Å²) < 4.78 is 10.8. The first-order valence-electron chi connectivity index (χ1n) is 10.6. The molecule has 1 fully saturated rings. The van der Waals surface area contributed by atoms with Crippen molar-refractivity contribution in [1.82, 2.24) is 20.0 Å². The topological polar surface area (TPSA) is 52.6 Å². The van der Waals surface area contributed by atoms with Gasteiger partial charge in [0.2, 0.25) is 0 Å². The van der Waals surface area contributed by atoms with Crippen LogP contribution in [-0.2, 0) is 6.54 Å². The van der Waals surface area contributed by atoms with Crippen molar-refractivity contribution in [1.29, 1.82) is 0 Å². The van der Waals surface area contributed by atoms with Gasteiger partial charge in [0.1, 0.15) is 11.5 Å². The molecule has 0 saturated carbocycles. The Bertz CT molecular complexity index is 644. The van der Waals surface area contributed by atoms with Gasteiger partial charge in [-0.2, -0.15) is 0 Å². The molecule has 1 unspecified atom stereocenters. The monoisotopic (exact) mass is 405 g/mol. The first kappa shape index (κ1) is 23.3. The number of hydrogen-bond donors (Lipinski definition) is 1. The normalized spacial score (nSPS) is 17.1. The Labute approximate surface area is 176 Å². The predicted molar refractivity (Wildman–Crippen MR) is 120 cm³/mol. The van der Waals surface area contributed by atoms with Crippen LogP contribution in [0.2, 0.25) is 0 Å². The van der Waals surface area contributed by atoms with Crippen molar-refractivity contribution < 1.29 is 9.47 Å². The van der Waals surface area contributed by atoms with Gasteiger partial charge in [-0.05, 0) is 24.6 Å². The van der Waals surface area contributed by atoms with Gasteiger partial charge in [0.15, 0.2) is 5.96 Å². The van der Waals surface area contributed by atoms with Crippen LogP contribution in [0.25, 0.3) is 0 Å². The fourth-order valence-corrected chi connectivity index (χ4v) is 3.76. The van der Waals surface area contributed by atoms with Gasteiger partial charge in [-0.1, -0.05) is 13.8 Å². The van der Waals surface area contributed by atoms with Crippen LogP contribution in [0.15, 0.2) is 23.2 Å². The molecule has 7 heteroatoms. The summed E-state index contributed by atoms with van der Waals surface area (Å²) in [5.74, 6) is 3.07. The van der Waals surface area contributed by atoms with Crippen molar-refractivity contribution in [3.8, 4) is 11.5 Å². The molecule has 7 nitrogen and oxygen atoms in total. The largest absolute Gasteiger partial charge is 0.497 e. The van der Waals surface area contributed by atoms with Crippen LogP contribution < -0.4 is 14.8 Å². The van der Waals surface area contributed by atoms with Crippen molar-refractivity contribution in [2.75, 3.05) is 74.1 Å². The summed E-state index contributed by atoms with van der Waals surface area (Å²) in [5, 5.41) is 3.53. The lowest BCUT2D eigenvalue weighted by Gasteiger charge is -2.35. The zero-order valence-corrected chi connectivity index (χ0v) is 19.1. The van der Waals surface area contributed by atoms with E-state index < -0.39 is 0 Å². The Morgan fingerprint density at radius 3 is 2.45 bits per heavy atom. The number of nitrogens with one attached hydrogen (secondary N) is 1. The van der Waals surface area contributed by atoms with E-state index in [0.717, 1.165) is 42.7 Å². The second-order valence-corrected chi connectivity index (χ2v) is 7.80. The quantitative estimate of drug-likeness (QED) is 0.501. The first-order chi connectivity index (χ1) is 14.0. The van der Waals surface area contributed by atoms with Gasteiger partial charge in [-0.15, -0.1) is 0 Å². The zero-order chi connectivity index (χ0) is 21.2. The summed E-state index contributed by atoms with van der Waals surface area (Å²) in [6, 6.07) is 5.92. The molecule has 1 saturated heterocycles. The lowest BCUT2D eigenvalue weighted by Crippen LogP contribution is -2.48. The van der Waals surface area contributed by atoms with Crippen LogP contribution in [0.1, 0.15) is 19.4 Å². The van der Waals surface area contributed by atoms with Gasteiger partial charge < -0.3 is 29.5 Å². The maximum absolute atomic E-state index is 5.52. The van der Waals surface area contributed by atoms with Gasteiger partial charge >= 0.3 is 0 Å².